The van der Waals surface area contributed by atoms with Crippen LogP contribution in [0.25, 0.3) is 0 Å². The van der Waals surface area contributed by atoms with Gasteiger partial charge >= 0.3 is 17.1 Å². The molecule has 32 heavy (non-hydrogen) atoms. The lowest BCUT2D eigenvalue weighted by Crippen LogP contribution is -2.65. The maximum Gasteiger partial charge on any atom is 0.370 e. The van der Waals surface area contributed by atoms with Crippen LogP contribution in [0.2, 0.25) is 10.1 Å². The van der Waals surface area contributed by atoms with Crippen LogP contribution in [-0.2, 0) is 24.0 Å². The zero-order valence-electron chi connectivity index (χ0n) is 20.7. The fourth-order valence-corrected chi connectivity index (χ4v) is 19.4. The third kappa shape index (κ3) is 3.10. The number of allylic oxidation sites excluding steroid dienone is 2. The topological polar surface area (TPSA) is 65.0 Å². The average molecular weight is 495 g/mol. The van der Waals surface area contributed by atoms with Crippen LogP contribution in [-0.4, -0.2) is 42.3 Å². The predicted molar refractivity (Wildman–Crippen MR) is 134 cm³/mol. The largest absolute Gasteiger partial charge is 0.407 e. The van der Waals surface area contributed by atoms with Crippen molar-refractivity contribution >= 4 is 33.4 Å². The Balaban J connectivity index is 1.98. The van der Waals surface area contributed by atoms with E-state index in [0.29, 0.717) is 12.8 Å². The summed E-state index contributed by atoms with van der Waals surface area (Å²) in [6, 6.07) is 10.5. The molecular formula is C24H38O5SSi2. The minimum absolute atomic E-state index is 0.218. The fraction of sp³-hybridized carbons (Fsp3) is 0.667. The molecule has 178 valence electrons. The number of benzene rings is 1. The van der Waals surface area contributed by atoms with E-state index >= 15 is 0 Å². The molecule has 0 spiro atoms. The zero-order chi connectivity index (χ0) is 23.8. The van der Waals surface area contributed by atoms with Gasteiger partial charge < -0.3 is 17.5 Å². The summed E-state index contributed by atoms with van der Waals surface area (Å²) >= 11 is -1.81. The Bertz CT molecular complexity index is 958. The highest BCUT2D eigenvalue weighted by atomic mass is 32.2. The molecule has 0 aromatic heterocycles. The van der Waals surface area contributed by atoms with Crippen LogP contribution in [0.4, 0.5) is 0 Å². The maximum absolute atomic E-state index is 11.7. The second kappa shape index (κ2) is 7.44. The molecule has 2 bridgehead atoms. The standard InChI is InChI=1S/C24H38O5SSi2/c1-21(2)22(3,4)28-32(20-16-14-18(15-17-20)30(25)26)24(7,8)23(5,6)31(27-21,29-32)19-12-10-9-11-13-19/h9-13,16,18H,14-15,17H2,1-8H3,(H,25,26). The van der Waals surface area contributed by atoms with E-state index in [0.717, 1.165) is 11.6 Å². The second-order valence-electron chi connectivity index (χ2n) is 11.6. The van der Waals surface area contributed by atoms with Gasteiger partial charge in [0.1, 0.15) is 0 Å². The molecule has 2 fully saturated rings. The third-order valence-electron chi connectivity index (χ3n) is 8.97. The smallest absolute Gasteiger partial charge is 0.370 e. The Hall–Kier alpha value is -0.616. The van der Waals surface area contributed by atoms with Crippen molar-refractivity contribution in [3.05, 3.63) is 41.6 Å². The summed E-state index contributed by atoms with van der Waals surface area (Å²) in [6.45, 7) is 17.7. The van der Waals surface area contributed by atoms with Gasteiger partial charge in [0.25, 0.3) is 0 Å². The predicted octanol–water partition coefficient (Wildman–Crippen LogP) is 5.21. The van der Waals surface area contributed by atoms with E-state index in [-0.39, 0.29) is 15.3 Å². The lowest BCUT2D eigenvalue weighted by molar-refractivity contribution is -0.0877. The van der Waals surface area contributed by atoms with E-state index in [4.69, 9.17) is 13.0 Å². The molecule has 4 atom stereocenters. The molecular weight excluding hydrogens is 456 g/mol. The fourth-order valence-electron chi connectivity index (χ4n) is 5.50. The van der Waals surface area contributed by atoms with E-state index in [2.05, 4.69) is 85.7 Å². The molecule has 0 amide bonds. The Morgan fingerprint density at radius 2 is 1.44 bits per heavy atom. The summed E-state index contributed by atoms with van der Waals surface area (Å²) in [6.07, 6.45) is 4.16. The van der Waals surface area contributed by atoms with Crippen molar-refractivity contribution in [3.63, 3.8) is 0 Å². The molecule has 2 saturated heterocycles. The molecule has 8 heteroatoms. The second-order valence-corrected chi connectivity index (χ2v) is 20.2. The highest BCUT2D eigenvalue weighted by Gasteiger charge is 2.82. The van der Waals surface area contributed by atoms with Crippen LogP contribution in [0.1, 0.15) is 74.7 Å². The van der Waals surface area contributed by atoms with Gasteiger partial charge in [-0.15, -0.1) is 0 Å². The van der Waals surface area contributed by atoms with Crippen LogP contribution in [0, 0.1) is 0 Å². The lowest BCUT2D eigenvalue weighted by Gasteiger charge is -2.54. The van der Waals surface area contributed by atoms with Crippen LogP contribution >= 0.6 is 0 Å². The van der Waals surface area contributed by atoms with Gasteiger partial charge in [-0.05, 0) is 57.3 Å². The first-order valence-electron chi connectivity index (χ1n) is 11.6. The Morgan fingerprint density at radius 3 is 1.94 bits per heavy atom. The molecule has 0 saturated carbocycles. The number of fused-ring (bicyclic) bond motifs is 2. The summed E-state index contributed by atoms with van der Waals surface area (Å²) in [4.78, 5) is 0. The summed E-state index contributed by atoms with van der Waals surface area (Å²) in [5, 5.41) is 1.61. The molecule has 3 aliphatic rings. The monoisotopic (exact) mass is 494 g/mol. The number of hydrogen-bond donors (Lipinski definition) is 1. The average Bonchev–Trinajstić information content (AvgIpc) is 2.78. The number of hydrogen-bond acceptors (Lipinski definition) is 4. The van der Waals surface area contributed by atoms with E-state index in [1.165, 1.54) is 5.20 Å². The Morgan fingerprint density at radius 1 is 0.906 bits per heavy atom. The van der Waals surface area contributed by atoms with Gasteiger partial charge in [0.05, 0.1) is 16.5 Å². The van der Waals surface area contributed by atoms with Gasteiger partial charge in [0, 0.05) is 10.1 Å². The Kier molecular flexibility index (Phi) is 5.70. The molecule has 2 heterocycles. The highest BCUT2D eigenvalue weighted by molar-refractivity contribution is 7.79. The molecule has 1 aliphatic carbocycles. The highest BCUT2D eigenvalue weighted by Crippen LogP contribution is 2.73. The molecule has 1 aromatic rings. The van der Waals surface area contributed by atoms with Gasteiger partial charge in [-0.2, -0.15) is 0 Å². The summed E-state index contributed by atoms with van der Waals surface area (Å²) < 4.78 is 43.3. The van der Waals surface area contributed by atoms with Crippen LogP contribution in [0.5, 0.6) is 0 Å². The van der Waals surface area contributed by atoms with Crippen molar-refractivity contribution < 1.29 is 21.7 Å². The molecule has 4 rings (SSSR count). The van der Waals surface area contributed by atoms with Crippen molar-refractivity contribution in [2.24, 2.45) is 0 Å². The molecule has 4 unspecified atom stereocenters. The first-order chi connectivity index (χ1) is 14.6. The molecule has 1 N–H and O–H groups in total. The van der Waals surface area contributed by atoms with Gasteiger partial charge in [-0.25, -0.2) is 4.21 Å². The molecule has 1 aromatic carbocycles. The van der Waals surface area contributed by atoms with Crippen LogP contribution < -0.4 is 5.19 Å². The van der Waals surface area contributed by atoms with Gasteiger partial charge in [0.2, 0.25) is 0 Å². The maximum atomic E-state index is 11.7. The van der Waals surface area contributed by atoms with Gasteiger partial charge in [-0.1, -0.05) is 64.1 Å². The normalized spacial score (nSPS) is 37.9. The van der Waals surface area contributed by atoms with E-state index in [9.17, 15) is 8.76 Å². The van der Waals surface area contributed by atoms with Crippen LogP contribution in [0.15, 0.2) is 41.6 Å². The van der Waals surface area contributed by atoms with Crippen molar-refractivity contribution in [1.82, 2.24) is 0 Å². The van der Waals surface area contributed by atoms with Crippen molar-refractivity contribution in [2.45, 2.75) is 101 Å². The lowest BCUT2D eigenvalue weighted by atomic mass is 9.90. The summed E-state index contributed by atoms with van der Waals surface area (Å²) in [5.41, 5.74) is -1.12. The van der Waals surface area contributed by atoms with Crippen LogP contribution in [0.3, 0.4) is 0 Å². The zero-order valence-corrected chi connectivity index (χ0v) is 23.5. The molecule has 0 radical (unpaired) electrons. The first-order valence-corrected chi connectivity index (χ1v) is 16.4. The van der Waals surface area contributed by atoms with Gasteiger partial charge in [0.15, 0.2) is 11.1 Å². The number of rotatable bonds is 3. The van der Waals surface area contributed by atoms with Crippen molar-refractivity contribution in [1.29, 1.82) is 0 Å². The minimum Gasteiger partial charge on any atom is -0.407 e. The van der Waals surface area contributed by atoms with Crippen molar-refractivity contribution in [2.75, 3.05) is 0 Å². The molecule has 2 aliphatic heterocycles. The first kappa shape index (κ1) is 24.5. The van der Waals surface area contributed by atoms with E-state index in [1.807, 2.05) is 6.07 Å². The van der Waals surface area contributed by atoms with Crippen molar-refractivity contribution in [3.8, 4) is 0 Å². The van der Waals surface area contributed by atoms with Gasteiger partial charge in [-0.3, -0.25) is 0 Å². The SMILES string of the molecule is CC1(C)O[Si]2(C3=CCC(S(=O)O)CC3)O[Si](c3ccccc3)(OC1(C)C)C(C)(C)C2(C)C. The molecule has 5 nitrogen and oxygen atoms in total. The minimum atomic E-state index is -3.02. The third-order valence-corrected chi connectivity index (χ3v) is 21.0. The quantitative estimate of drug-likeness (QED) is 0.461. The summed E-state index contributed by atoms with van der Waals surface area (Å²) in [7, 11) is -6.03. The Labute approximate surface area is 197 Å². The van der Waals surface area contributed by atoms with E-state index < -0.39 is 39.4 Å². The van der Waals surface area contributed by atoms with E-state index in [1.54, 1.807) is 0 Å². The summed E-state index contributed by atoms with van der Waals surface area (Å²) in [5.74, 6) is 0.